The van der Waals surface area contributed by atoms with Gasteiger partial charge in [0.25, 0.3) is 5.91 Å². The molecular weight excluding hydrogens is 564 g/mol. The van der Waals surface area contributed by atoms with Crippen molar-refractivity contribution < 1.29 is 33.0 Å². The highest BCUT2D eigenvalue weighted by atomic mass is 32.2. The average molecular weight is 599 g/mol. The van der Waals surface area contributed by atoms with Crippen LogP contribution >= 0.6 is 24.0 Å². The van der Waals surface area contributed by atoms with Crippen molar-refractivity contribution >= 4 is 52.2 Å². The van der Waals surface area contributed by atoms with Crippen LogP contribution in [0.4, 0.5) is 0 Å². The molecule has 1 saturated heterocycles. The number of esters is 1. The van der Waals surface area contributed by atoms with Crippen LogP contribution in [0.25, 0.3) is 17.4 Å². The van der Waals surface area contributed by atoms with Gasteiger partial charge in [0.2, 0.25) is 5.91 Å². The van der Waals surface area contributed by atoms with Gasteiger partial charge in [-0.25, -0.2) is 0 Å². The number of fused-ring (bicyclic) bond motifs is 2. The second-order valence-electron chi connectivity index (χ2n) is 10.7. The summed E-state index contributed by atoms with van der Waals surface area (Å²) in [5, 5.41) is 0. The lowest BCUT2D eigenvalue weighted by Gasteiger charge is -2.30. The number of nitrogens with two attached hydrogens (primary N) is 1. The van der Waals surface area contributed by atoms with Crippen LogP contribution in [0.15, 0.2) is 33.6 Å². The molecule has 11 heteroatoms. The second kappa shape index (κ2) is 12.7. The zero-order valence-corrected chi connectivity index (χ0v) is 24.8. The number of benzene rings is 1. The lowest BCUT2D eigenvalue weighted by molar-refractivity contribution is -0.144. The summed E-state index contributed by atoms with van der Waals surface area (Å²) in [6.45, 7) is 0.177. The number of aryl methyl sites for hydroxylation is 1. The number of methoxy groups -OCH3 is 2. The van der Waals surface area contributed by atoms with Crippen LogP contribution in [0, 0.1) is 11.8 Å². The van der Waals surface area contributed by atoms with Gasteiger partial charge in [0.05, 0.1) is 32.2 Å². The van der Waals surface area contributed by atoms with E-state index >= 15 is 0 Å². The molecule has 1 aromatic carbocycles. The number of amides is 2. The molecule has 2 saturated carbocycles. The molecule has 2 bridgehead atoms. The molecule has 0 spiro atoms. The van der Waals surface area contributed by atoms with Crippen LogP contribution in [-0.4, -0.2) is 53.9 Å². The van der Waals surface area contributed by atoms with E-state index in [-0.39, 0.29) is 31.4 Å². The van der Waals surface area contributed by atoms with E-state index in [1.165, 1.54) is 24.6 Å². The van der Waals surface area contributed by atoms with Crippen molar-refractivity contribution in [1.29, 1.82) is 0 Å². The van der Waals surface area contributed by atoms with E-state index in [0.717, 1.165) is 24.0 Å². The Hall–Kier alpha value is -3.31. The normalized spacial score (nSPS) is 22.5. The molecule has 3 atom stereocenters. The Labute approximate surface area is 248 Å². The van der Waals surface area contributed by atoms with E-state index in [4.69, 9.17) is 36.6 Å². The van der Waals surface area contributed by atoms with Gasteiger partial charge >= 0.3 is 5.97 Å². The van der Waals surface area contributed by atoms with Gasteiger partial charge in [0, 0.05) is 30.2 Å². The number of nitrogens with zero attached hydrogens (tertiary/aromatic N) is 1. The quantitative estimate of drug-likeness (QED) is 0.154. The monoisotopic (exact) mass is 598 g/mol. The highest BCUT2D eigenvalue weighted by Gasteiger charge is 2.48. The first-order chi connectivity index (χ1) is 19.7. The van der Waals surface area contributed by atoms with Crippen molar-refractivity contribution in [2.45, 2.75) is 57.4 Å². The summed E-state index contributed by atoms with van der Waals surface area (Å²) in [5.41, 5.74) is 6.73. The Bertz CT molecular complexity index is 1360. The van der Waals surface area contributed by atoms with Gasteiger partial charge in [-0.2, -0.15) is 0 Å². The predicted octanol–water partition coefficient (Wildman–Crippen LogP) is 5.09. The molecule has 3 unspecified atom stereocenters. The summed E-state index contributed by atoms with van der Waals surface area (Å²) in [7, 11) is 3.17. The van der Waals surface area contributed by atoms with Crippen molar-refractivity contribution in [3.05, 3.63) is 40.5 Å². The van der Waals surface area contributed by atoms with Crippen molar-refractivity contribution in [2.24, 2.45) is 17.6 Å². The number of ether oxygens (including phenoxy) is 3. The number of thiocarbonyl (C=S) groups is 1. The minimum absolute atomic E-state index is 0.0431. The van der Waals surface area contributed by atoms with Gasteiger partial charge in [0.1, 0.15) is 27.3 Å². The molecule has 2 heterocycles. The number of furan rings is 1. The minimum atomic E-state index is -0.544. The van der Waals surface area contributed by atoms with Gasteiger partial charge < -0.3 is 24.4 Å². The highest BCUT2D eigenvalue weighted by Crippen LogP contribution is 2.49. The van der Waals surface area contributed by atoms with E-state index in [9.17, 15) is 14.4 Å². The van der Waals surface area contributed by atoms with Crippen LogP contribution in [0.5, 0.6) is 11.5 Å². The van der Waals surface area contributed by atoms with Gasteiger partial charge in [0.15, 0.2) is 0 Å². The fourth-order valence-corrected chi connectivity index (χ4v) is 7.35. The second-order valence-corrected chi connectivity index (χ2v) is 12.4. The van der Waals surface area contributed by atoms with Crippen molar-refractivity contribution in [1.82, 2.24) is 4.90 Å². The van der Waals surface area contributed by atoms with Crippen molar-refractivity contribution in [3.63, 3.8) is 0 Å². The van der Waals surface area contributed by atoms with Crippen LogP contribution in [0.1, 0.15) is 56.3 Å². The Kier molecular flexibility index (Phi) is 9.03. The number of hydrogen-bond acceptors (Lipinski definition) is 9. The standard InChI is InChI=1S/C30H34N2O7S2/c1-36-21-12-20(13-22(15-21)37-2)24-14-19(4-3-9-38-28(34)8-7-27(31)33)25(39-24)16-26-29(35)32(30(40)41-26)23-11-17-5-6-18(23)10-17/h12-18,23H,3-11H2,1-2H3,(H2,31,33)/b26-16-. The number of hydrogen-bond donors (Lipinski definition) is 1. The smallest absolute Gasteiger partial charge is 0.306 e. The number of primary amides is 1. The first kappa shape index (κ1) is 29.2. The zero-order valence-electron chi connectivity index (χ0n) is 23.2. The summed E-state index contributed by atoms with van der Waals surface area (Å²) in [6, 6.07) is 7.59. The maximum absolute atomic E-state index is 13.6. The van der Waals surface area contributed by atoms with Crippen LogP contribution < -0.4 is 15.2 Å². The Balaban J connectivity index is 1.37. The molecule has 3 fully saturated rings. The van der Waals surface area contributed by atoms with E-state index in [0.29, 0.717) is 56.9 Å². The van der Waals surface area contributed by atoms with E-state index in [1.54, 1.807) is 26.4 Å². The van der Waals surface area contributed by atoms with E-state index in [2.05, 4.69) is 0 Å². The average Bonchev–Trinajstić information content (AvgIpc) is 3.74. The number of thioether (sulfide) groups is 1. The molecule has 218 valence electrons. The van der Waals surface area contributed by atoms with E-state index in [1.807, 2.05) is 23.1 Å². The molecule has 1 aromatic heterocycles. The molecule has 3 aliphatic rings. The first-order valence-corrected chi connectivity index (χ1v) is 15.0. The predicted molar refractivity (Wildman–Crippen MR) is 159 cm³/mol. The summed E-state index contributed by atoms with van der Waals surface area (Å²) < 4.78 is 23.0. The van der Waals surface area contributed by atoms with Gasteiger partial charge in [-0.15, -0.1) is 0 Å². The number of carbonyl (C=O) groups is 3. The van der Waals surface area contributed by atoms with Crippen LogP contribution in [0.3, 0.4) is 0 Å². The highest BCUT2D eigenvalue weighted by molar-refractivity contribution is 8.26. The summed E-state index contributed by atoms with van der Waals surface area (Å²) in [6.07, 6.45) is 7.37. The lowest BCUT2D eigenvalue weighted by atomic mass is 9.94. The Morgan fingerprint density at radius 2 is 1.88 bits per heavy atom. The molecular formula is C30H34N2O7S2. The summed E-state index contributed by atoms with van der Waals surface area (Å²) >= 11 is 6.99. The Morgan fingerprint density at radius 1 is 1.12 bits per heavy atom. The summed E-state index contributed by atoms with van der Waals surface area (Å²) in [4.78, 5) is 38.7. The van der Waals surface area contributed by atoms with E-state index < -0.39 is 11.9 Å². The SMILES string of the molecule is COc1cc(OC)cc(-c2cc(CCCOC(=O)CCC(N)=O)c(/C=C3\SC(=S)N(C4CC5CCC4C5)C3=O)o2)c1. The minimum Gasteiger partial charge on any atom is -0.497 e. The molecule has 2 N–H and O–H groups in total. The molecule has 2 aromatic rings. The molecule has 41 heavy (non-hydrogen) atoms. The maximum atomic E-state index is 13.6. The third-order valence-electron chi connectivity index (χ3n) is 8.02. The van der Waals surface area contributed by atoms with Crippen molar-refractivity contribution in [2.75, 3.05) is 20.8 Å². The topological polar surface area (TPSA) is 121 Å². The summed E-state index contributed by atoms with van der Waals surface area (Å²) in [5.74, 6) is 2.53. The zero-order chi connectivity index (χ0) is 29.1. The third-order valence-corrected chi connectivity index (χ3v) is 9.36. The fourth-order valence-electron chi connectivity index (χ4n) is 6.01. The third kappa shape index (κ3) is 6.62. The largest absolute Gasteiger partial charge is 0.497 e. The molecule has 1 aliphatic heterocycles. The van der Waals surface area contributed by atoms with Gasteiger partial charge in [-0.05, 0) is 67.7 Å². The molecule has 9 nitrogen and oxygen atoms in total. The number of carbonyl (C=O) groups excluding carboxylic acids is 3. The first-order valence-electron chi connectivity index (χ1n) is 13.8. The maximum Gasteiger partial charge on any atom is 0.306 e. The number of rotatable bonds is 12. The van der Waals surface area contributed by atoms with Gasteiger partial charge in [-0.1, -0.05) is 30.4 Å². The van der Waals surface area contributed by atoms with Crippen molar-refractivity contribution in [3.8, 4) is 22.8 Å². The lowest BCUT2D eigenvalue weighted by Crippen LogP contribution is -2.41. The molecule has 0 radical (unpaired) electrons. The molecule has 5 rings (SSSR count). The molecule has 2 aliphatic carbocycles. The van der Waals surface area contributed by atoms with Crippen LogP contribution in [-0.2, 0) is 25.5 Å². The van der Waals surface area contributed by atoms with Crippen LogP contribution in [0.2, 0.25) is 0 Å². The Morgan fingerprint density at radius 3 is 2.51 bits per heavy atom. The molecule has 2 amide bonds. The fraction of sp³-hybridized carbons (Fsp3) is 0.467. The van der Waals surface area contributed by atoms with Gasteiger partial charge in [-0.3, -0.25) is 19.3 Å².